The number of nitrogens with one attached hydrogen (secondary N) is 1. The monoisotopic (exact) mass is 315 g/mol. The Morgan fingerprint density at radius 1 is 1.29 bits per heavy atom. The zero-order valence-corrected chi connectivity index (χ0v) is 13.9. The van der Waals surface area contributed by atoms with Crippen molar-refractivity contribution < 1.29 is 13.5 Å². The van der Waals surface area contributed by atoms with E-state index in [1.807, 2.05) is 13.8 Å². The quantitative estimate of drug-likeness (QED) is 0.662. The van der Waals surface area contributed by atoms with E-state index in [0.717, 1.165) is 4.31 Å². The molecule has 0 saturated carbocycles. The highest BCUT2D eigenvalue weighted by Gasteiger charge is 2.22. The van der Waals surface area contributed by atoms with Crippen LogP contribution in [0.4, 0.5) is 11.4 Å². The smallest absolute Gasteiger partial charge is 0.242 e. The minimum Gasteiger partial charge on any atom is -0.397 e. The molecule has 0 atom stereocenters. The molecule has 0 radical (unpaired) electrons. The van der Waals surface area contributed by atoms with Gasteiger partial charge in [0.15, 0.2) is 0 Å². The highest BCUT2D eigenvalue weighted by Crippen LogP contribution is 2.25. The number of nitrogens with zero attached hydrogens (tertiary/aromatic N) is 1. The summed E-state index contributed by atoms with van der Waals surface area (Å²) in [5.41, 5.74) is 6.07. The number of hydrogen-bond acceptors (Lipinski definition) is 5. The Morgan fingerprint density at radius 2 is 1.86 bits per heavy atom. The maximum absolute atomic E-state index is 12.0. The molecule has 0 aromatic heterocycles. The Hall–Kier alpha value is -1.31. The average Bonchev–Trinajstić information content (AvgIpc) is 2.45. The molecule has 0 unspecified atom stereocenters. The van der Waals surface area contributed by atoms with Crippen molar-refractivity contribution in [3.05, 3.63) is 18.2 Å². The van der Waals surface area contributed by atoms with Gasteiger partial charge in [-0.3, -0.25) is 0 Å². The summed E-state index contributed by atoms with van der Waals surface area (Å²) >= 11 is 0. The van der Waals surface area contributed by atoms with Crippen LogP contribution in [-0.2, 0) is 10.0 Å². The Bertz CT molecular complexity index is 581. The van der Waals surface area contributed by atoms with Gasteiger partial charge in [-0.1, -0.05) is 13.8 Å². The molecule has 0 bridgehead atoms. The van der Waals surface area contributed by atoms with Gasteiger partial charge in [-0.05, 0) is 31.0 Å². The maximum Gasteiger partial charge on any atom is 0.242 e. The van der Waals surface area contributed by atoms with Crippen molar-refractivity contribution in [2.45, 2.75) is 37.2 Å². The summed E-state index contributed by atoms with van der Waals surface area (Å²) in [7, 11) is -0.548. The third-order valence-corrected chi connectivity index (χ3v) is 5.54. The third kappa shape index (κ3) is 4.09. The van der Waals surface area contributed by atoms with Gasteiger partial charge < -0.3 is 16.2 Å². The van der Waals surface area contributed by atoms with Crippen molar-refractivity contribution in [1.29, 1.82) is 0 Å². The lowest BCUT2D eigenvalue weighted by Gasteiger charge is -2.26. The highest BCUT2D eigenvalue weighted by molar-refractivity contribution is 7.89. The van der Waals surface area contributed by atoms with E-state index in [1.54, 1.807) is 6.07 Å². The summed E-state index contributed by atoms with van der Waals surface area (Å²) in [6.07, 6.45) is 1.26. The second-order valence-electron chi connectivity index (χ2n) is 5.32. The van der Waals surface area contributed by atoms with Crippen molar-refractivity contribution >= 4 is 21.4 Å². The van der Waals surface area contributed by atoms with Crippen LogP contribution in [0.2, 0.25) is 0 Å². The molecular formula is C14H25N3O3S. The van der Waals surface area contributed by atoms with Crippen molar-refractivity contribution in [1.82, 2.24) is 4.31 Å². The van der Waals surface area contributed by atoms with Gasteiger partial charge in [-0.25, -0.2) is 12.7 Å². The molecule has 6 nitrogen and oxygen atoms in total. The van der Waals surface area contributed by atoms with Crippen LogP contribution in [0.3, 0.4) is 0 Å². The number of rotatable bonds is 7. The first-order chi connectivity index (χ1) is 9.66. The van der Waals surface area contributed by atoms with E-state index in [0.29, 0.717) is 30.8 Å². The lowest BCUT2D eigenvalue weighted by atomic mass is 9.97. The molecule has 1 aromatic rings. The van der Waals surface area contributed by atoms with Crippen molar-refractivity contribution in [3.8, 4) is 0 Å². The van der Waals surface area contributed by atoms with Crippen LogP contribution in [0.5, 0.6) is 0 Å². The van der Waals surface area contributed by atoms with E-state index in [2.05, 4.69) is 5.32 Å². The standard InChI is InChI=1S/C14H25N3O3S/c1-5-14(18,6-2)10-16-13-8-7-11(9-12(13)15)21(19,20)17(3)4/h7-9,16,18H,5-6,10,15H2,1-4H3. The summed E-state index contributed by atoms with van der Waals surface area (Å²) < 4.78 is 25.2. The number of aliphatic hydroxyl groups is 1. The molecular weight excluding hydrogens is 290 g/mol. The van der Waals surface area contributed by atoms with Gasteiger partial charge in [0.2, 0.25) is 10.0 Å². The van der Waals surface area contributed by atoms with Gasteiger partial charge in [0.05, 0.1) is 21.9 Å². The molecule has 1 rings (SSSR count). The molecule has 0 saturated heterocycles. The molecule has 0 spiro atoms. The Kier molecular flexibility index (Phi) is 5.61. The van der Waals surface area contributed by atoms with E-state index in [4.69, 9.17) is 5.73 Å². The third-order valence-electron chi connectivity index (χ3n) is 3.73. The van der Waals surface area contributed by atoms with Gasteiger partial charge in [-0.2, -0.15) is 0 Å². The summed E-state index contributed by atoms with van der Waals surface area (Å²) in [5, 5.41) is 13.3. The Labute approximate surface area is 127 Å². The SMILES string of the molecule is CCC(O)(CC)CNc1ccc(S(=O)(=O)N(C)C)cc1N. The van der Waals surface area contributed by atoms with Crippen LogP contribution in [0, 0.1) is 0 Å². The van der Waals surface area contributed by atoms with E-state index in [9.17, 15) is 13.5 Å². The highest BCUT2D eigenvalue weighted by atomic mass is 32.2. The second-order valence-corrected chi connectivity index (χ2v) is 7.47. The largest absolute Gasteiger partial charge is 0.397 e. The first-order valence-corrected chi connectivity index (χ1v) is 8.38. The zero-order chi connectivity index (χ0) is 16.3. The molecule has 0 heterocycles. The maximum atomic E-state index is 12.0. The van der Waals surface area contributed by atoms with E-state index < -0.39 is 15.6 Å². The van der Waals surface area contributed by atoms with Crippen LogP contribution in [0.15, 0.2) is 23.1 Å². The van der Waals surface area contributed by atoms with E-state index >= 15 is 0 Å². The lowest BCUT2D eigenvalue weighted by Crippen LogP contribution is -2.35. The Morgan fingerprint density at radius 3 is 2.29 bits per heavy atom. The summed E-state index contributed by atoms with van der Waals surface area (Å²) in [6.45, 7) is 4.20. The summed E-state index contributed by atoms with van der Waals surface area (Å²) in [4.78, 5) is 0.150. The first kappa shape index (κ1) is 17.7. The summed E-state index contributed by atoms with van der Waals surface area (Å²) in [6, 6.07) is 4.55. The molecule has 0 aliphatic carbocycles. The number of sulfonamides is 1. The Balaban J connectivity index is 2.95. The van der Waals surface area contributed by atoms with Gasteiger partial charge in [-0.15, -0.1) is 0 Å². The van der Waals surface area contributed by atoms with Crippen molar-refractivity contribution in [2.75, 3.05) is 31.7 Å². The fourth-order valence-electron chi connectivity index (χ4n) is 1.83. The topological polar surface area (TPSA) is 95.7 Å². The molecule has 4 N–H and O–H groups in total. The van der Waals surface area contributed by atoms with Crippen LogP contribution in [0.1, 0.15) is 26.7 Å². The molecule has 1 aromatic carbocycles. The molecule has 0 aliphatic heterocycles. The number of nitrogens with two attached hydrogens (primary N) is 1. The molecule has 120 valence electrons. The predicted octanol–water partition coefficient (Wildman–Crippen LogP) is 1.48. The predicted molar refractivity (Wildman–Crippen MR) is 85.7 cm³/mol. The average molecular weight is 315 g/mol. The minimum atomic E-state index is -3.49. The van der Waals surface area contributed by atoms with Gasteiger partial charge >= 0.3 is 0 Å². The van der Waals surface area contributed by atoms with Crippen LogP contribution in [-0.4, -0.2) is 44.1 Å². The number of benzene rings is 1. The number of nitrogen functional groups attached to an aromatic ring is 1. The van der Waals surface area contributed by atoms with Crippen LogP contribution >= 0.6 is 0 Å². The van der Waals surface area contributed by atoms with E-state index in [-0.39, 0.29) is 4.90 Å². The second kappa shape index (κ2) is 6.64. The molecule has 7 heteroatoms. The van der Waals surface area contributed by atoms with Crippen molar-refractivity contribution in [2.24, 2.45) is 0 Å². The fraction of sp³-hybridized carbons (Fsp3) is 0.571. The molecule has 0 aliphatic rings. The molecule has 0 fully saturated rings. The normalized spacial score (nSPS) is 12.7. The van der Waals surface area contributed by atoms with Crippen LogP contribution in [0.25, 0.3) is 0 Å². The van der Waals surface area contributed by atoms with Gasteiger partial charge in [0.1, 0.15) is 0 Å². The lowest BCUT2D eigenvalue weighted by molar-refractivity contribution is 0.0457. The number of hydrogen-bond donors (Lipinski definition) is 3. The van der Waals surface area contributed by atoms with Gasteiger partial charge in [0.25, 0.3) is 0 Å². The molecule has 21 heavy (non-hydrogen) atoms. The minimum absolute atomic E-state index is 0.150. The first-order valence-electron chi connectivity index (χ1n) is 6.94. The fourth-order valence-corrected chi connectivity index (χ4v) is 2.77. The van der Waals surface area contributed by atoms with Crippen molar-refractivity contribution in [3.63, 3.8) is 0 Å². The summed E-state index contributed by atoms with van der Waals surface area (Å²) in [5.74, 6) is 0. The van der Waals surface area contributed by atoms with Crippen LogP contribution < -0.4 is 11.1 Å². The van der Waals surface area contributed by atoms with E-state index in [1.165, 1.54) is 26.2 Å². The molecule has 0 amide bonds. The zero-order valence-electron chi connectivity index (χ0n) is 13.0. The number of anilines is 2. The van der Waals surface area contributed by atoms with Gasteiger partial charge in [0, 0.05) is 20.6 Å².